The summed E-state index contributed by atoms with van der Waals surface area (Å²) in [6, 6.07) is 4.15. The number of carboxylic acid groups (broad SMARTS) is 1. The van der Waals surface area contributed by atoms with E-state index in [4.69, 9.17) is 5.11 Å². The number of halogens is 1. The summed E-state index contributed by atoms with van der Waals surface area (Å²) in [7, 11) is 0. The van der Waals surface area contributed by atoms with Gasteiger partial charge in [-0.15, -0.1) is 0 Å². The molecule has 3 nitrogen and oxygen atoms in total. The molecule has 18 heavy (non-hydrogen) atoms. The highest BCUT2D eigenvalue weighted by Crippen LogP contribution is 2.21. The van der Waals surface area contributed by atoms with E-state index >= 15 is 0 Å². The summed E-state index contributed by atoms with van der Waals surface area (Å²) in [5, 5.41) is 12.0. The van der Waals surface area contributed by atoms with Gasteiger partial charge in [0.25, 0.3) is 0 Å². The van der Waals surface area contributed by atoms with E-state index in [1.54, 1.807) is 0 Å². The molecule has 0 saturated carbocycles. The highest BCUT2D eigenvalue weighted by Gasteiger charge is 2.15. The van der Waals surface area contributed by atoms with Crippen LogP contribution in [0, 0.1) is 5.82 Å². The van der Waals surface area contributed by atoms with E-state index in [9.17, 15) is 9.18 Å². The molecule has 0 aliphatic rings. The molecule has 1 aromatic carbocycles. The third-order valence-corrected chi connectivity index (χ3v) is 2.88. The largest absolute Gasteiger partial charge is 0.478 e. The van der Waals surface area contributed by atoms with Crippen LogP contribution in [0.25, 0.3) is 0 Å². The third kappa shape index (κ3) is 4.02. The molecule has 0 aliphatic carbocycles. The van der Waals surface area contributed by atoms with Crippen molar-refractivity contribution < 1.29 is 14.3 Å². The van der Waals surface area contributed by atoms with Crippen LogP contribution in [0.3, 0.4) is 0 Å². The Morgan fingerprint density at radius 3 is 2.78 bits per heavy atom. The zero-order valence-corrected chi connectivity index (χ0v) is 10.9. The lowest BCUT2D eigenvalue weighted by atomic mass is 10.1. The Balaban J connectivity index is 2.73. The fraction of sp³-hybridized carbons (Fsp3) is 0.500. The van der Waals surface area contributed by atoms with Gasteiger partial charge in [-0.05, 0) is 25.5 Å². The Hall–Kier alpha value is -1.58. The maximum atomic E-state index is 13.6. The van der Waals surface area contributed by atoms with Crippen molar-refractivity contribution in [1.82, 2.24) is 0 Å². The second kappa shape index (κ2) is 6.99. The second-order valence-electron chi connectivity index (χ2n) is 4.51. The summed E-state index contributed by atoms with van der Waals surface area (Å²) in [5.74, 6) is -1.63. The Morgan fingerprint density at radius 2 is 2.17 bits per heavy atom. The van der Waals surface area contributed by atoms with E-state index in [0.717, 1.165) is 25.7 Å². The van der Waals surface area contributed by atoms with Crippen LogP contribution in [0.2, 0.25) is 0 Å². The molecule has 2 N–H and O–H groups in total. The Bertz CT molecular complexity index is 407. The smallest absolute Gasteiger partial charge is 0.337 e. The van der Waals surface area contributed by atoms with E-state index in [1.165, 1.54) is 18.2 Å². The van der Waals surface area contributed by atoms with Crippen molar-refractivity contribution in [2.45, 2.75) is 45.6 Å². The summed E-state index contributed by atoms with van der Waals surface area (Å²) >= 11 is 0. The summed E-state index contributed by atoms with van der Waals surface area (Å²) < 4.78 is 13.6. The minimum Gasteiger partial charge on any atom is -0.478 e. The van der Waals surface area contributed by atoms with E-state index in [1.807, 2.05) is 6.92 Å². The van der Waals surface area contributed by atoms with Gasteiger partial charge in [-0.1, -0.05) is 32.3 Å². The third-order valence-electron chi connectivity index (χ3n) is 2.88. The Kier molecular flexibility index (Phi) is 5.62. The molecule has 0 fully saturated rings. The topological polar surface area (TPSA) is 49.3 Å². The predicted octanol–water partition coefficient (Wildman–Crippen LogP) is 3.90. The number of benzene rings is 1. The normalized spacial score (nSPS) is 12.2. The number of nitrogens with one attached hydrogen (secondary N) is 1. The first-order valence-electron chi connectivity index (χ1n) is 6.34. The standard InChI is InChI=1S/C14H20FNO2/c1-3-4-5-7-10(2)16-13-11(14(17)18)8-6-9-12(13)15/h6,8-10,16H,3-5,7H2,1-2H3,(H,17,18). The van der Waals surface area contributed by atoms with Crippen LogP contribution in [-0.4, -0.2) is 17.1 Å². The average molecular weight is 253 g/mol. The van der Waals surface area contributed by atoms with E-state index in [2.05, 4.69) is 12.2 Å². The van der Waals surface area contributed by atoms with Crippen LogP contribution in [0.1, 0.15) is 49.9 Å². The molecule has 0 aromatic heterocycles. The molecule has 4 heteroatoms. The number of hydrogen-bond acceptors (Lipinski definition) is 2. The monoisotopic (exact) mass is 253 g/mol. The Labute approximate surface area is 107 Å². The van der Waals surface area contributed by atoms with Gasteiger partial charge in [0.2, 0.25) is 0 Å². The molecule has 0 aliphatic heterocycles. The van der Waals surface area contributed by atoms with Crippen molar-refractivity contribution in [3.8, 4) is 0 Å². The highest BCUT2D eigenvalue weighted by atomic mass is 19.1. The number of rotatable bonds is 7. The van der Waals surface area contributed by atoms with E-state index < -0.39 is 11.8 Å². The number of anilines is 1. The average Bonchev–Trinajstić information content (AvgIpc) is 2.31. The molecule has 1 aromatic rings. The second-order valence-corrected chi connectivity index (χ2v) is 4.51. The van der Waals surface area contributed by atoms with Crippen LogP contribution in [0.5, 0.6) is 0 Å². The number of para-hydroxylation sites is 1. The molecule has 0 spiro atoms. The lowest BCUT2D eigenvalue weighted by Gasteiger charge is -2.17. The molecule has 1 unspecified atom stereocenters. The van der Waals surface area contributed by atoms with Crippen molar-refractivity contribution in [2.75, 3.05) is 5.32 Å². The lowest BCUT2D eigenvalue weighted by Crippen LogP contribution is -2.18. The molecule has 1 rings (SSSR count). The van der Waals surface area contributed by atoms with Crippen LogP contribution < -0.4 is 5.32 Å². The van der Waals surface area contributed by atoms with Crippen molar-refractivity contribution in [3.05, 3.63) is 29.6 Å². The van der Waals surface area contributed by atoms with Gasteiger partial charge in [0.1, 0.15) is 5.82 Å². The number of aromatic carboxylic acids is 1. The summed E-state index contributed by atoms with van der Waals surface area (Å²) in [4.78, 5) is 11.0. The van der Waals surface area contributed by atoms with Crippen molar-refractivity contribution in [2.24, 2.45) is 0 Å². The van der Waals surface area contributed by atoms with Gasteiger partial charge in [-0.3, -0.25) is 0 Å². The van der Waals surface area contributed by atoms with Gasteiger partial charge in [-0.25, -0.2) is 9.18 Å². The zero-order chi connectivity index (χ0) is 13.5. The van der Waals surface area contributed by atoms with Gasteiger partial charge in [0.05, 0.1) is 11.3 Å². The fourth-order valence-corrected chi connectivity index (χ4v) is 1.87. The number of unbranched alkanes of at least 4 members (excludes halogenated alkanes) is 2. The number of carboxylic acids is 1. The van der Waals surface area contributed by atoms with E-state index in [-0.39, 0.29) is 17.3 Å². The first-order valence-corrected chi connectivity index (χ1v) is 6.34. The first kappa shape index (κ1) is 14.5. The van der Waals surface area contributed by atoms with Gasteiger partial charge in [0, 0.05) is 6.04 Å². The molecule has 0 saturated heterocycles. The van der Waals surface area contributed by atoms with E-state index in [0.29, 0.717) is 0 Å². The molecular formula is C14H20FNO2. The van der Waals surface area contributed by atoms with Gasteiger partial charge in [-0.2, -0.15) is 0 Å². The minimum absolute atomic E-state index is 0.0164. The van der Waals surface area contributed by atoms with Crippen LogP contribution >= 0.6 is 0 Å². The van der Waals surface area contributed by atoms with Crippen molar-refractivity contribution in [1.29, 1.82) is 0 Å². The molecule has 0 radical (unpaired) electrons. The zero-order valence-electron chi connectivity index (χ0n) is 10.9. The molecule has 0 bridgehead atoms. The number of carbonyl (C=O) groups is 1. The lowest BCUT2D eigenvalue weighted by molar-refractivity contribution is 0.0697. The minimum atomic E-state index is -1.11. The predicted molar refractivity (Wildman–Crippen MR) is 70.6 cm³/mol. The number of hydrogen-bond donors (Lipinski definition) is 2. The molecule has 0 amide bonds. The van der Waals surface area contributed by atoms with Gasteiger partial charge >= 0.3 is 5.97 Å². The molecule has 0 heterocycles. The van der Waals surface area contributed by atoms with Crippen LogP contribution in [-0.2, 0) is 0 Å². The first-order chi connectivity index (χ1) is 8.56. The maximum Gasteiger partial charge on any atom is 0.337 e. The fourth-order valence-electron chi connectivity index (χ4n) is 1.87. The molecule has 1 atom stereocenters. The quantitative estimate of drug-likeness (QED) is 0.724. The summed E-state index contributed by atoms with van der Waals surface area (Å²) in [6.45, 7) is 4.06. The van der Waals surface area contributed by atoms with Crippen molar-refractivity contribution in [3.63, 3.8) is 0 Å². The highest BCUT2D eigenvalue weighted by molar-refractivity contribution is 5.94. The van der Waals surface area contributed by atoms with Gasteiger partial charge < -0.3 is 10.4 Å². The van der Waals surface area contributed by atoms with Crippen LogP contribution in [0.4, 0.5) is 10.1 Å². The van der Waals surface area contributed by atoms with Gasteiger partial charge in [0.15, 0.2) is 0 Å². The molecular weight excluding hydrogens is 233 g/mol. The van der Waals surface area contributed by atoms with Crippen molar-refractivity contribution >= 4 is 11.7 Å². The van der Waals surface area contributed by atoms with Crippen LogP contribution in [0.15, 0.2) is 18.2 Å². The SMILES string of the molecule is CCCCCC(C)Nc1c(F)cccc1C(=O)O. The summed E-state index contributed by atoms with van der Waals surface area (Å²) in [6.07, 6.45) is 4.23. The molecule has 100 valence electrons. The maximum absolute atomic E-state index is 13.6. The Morgan fingerprint density at radius 1 is 1.44 bits per heavy atom. The summed E-state index contributed by atoms with van der Waals surface area (Å²) in [5.41, 5.74) is 0.0753.